The Bertz CT molecular complexity index is 838. The fourth-order valence-corrected chi connectivity index (χ4v) is 4.15. The van der Waals surface area contributed by atoms with Crippen LogP contribution in [0.5, 0.6) is 0 Å². The SMILES string of the molecule is O=C(c1ccc2ccccc2c1)C1CSc2ccccc21. The maximum Gasteiger partial charge on any atom is 0.171 e. The van der Waals surface area contributed by atoms with E-state index in [1.54, 1.807) is 11.8 Å². The van der Waals surface area contributed by atoms with Gasteiger partial charge in [0, 0.05) is 16.2 Å². The maximum absolute atomic E-state index is 12.8. The van der Waals surface area contributed by atoms with Gasteiger partial charge in [0.2, 0.25) is 0 Å². The Morgan fingerprint density at radius 3 is 2.57 bits per heavy atom. The summed E-state index contributed by atoms with van der Waals surface area (Å²) in [7, 11) is 0. The zero-order valence-electron chi connectivity index (χ0n) is 11.5. The van der Waals surface area contributed by atoms with Crippen molar-refractivity contribution < 1.29 is 4.79 Å². The number of fused-ring (bicyclic) bond motifs is 2. The van der Waals surface area contributed by atoms with Crippen molar-refractivity contribution in [3.8, 4) is 0 Å². The normalized spacial score (nSPS) is 16.9. The molecule has 3 aromatic rings. The minimum atomic E-state index is -0.00707. The lowest BCUT2D eigenvalue weighted by molar-refractivity contribution is 0.0968. The van der Waals surface area contributed by atoms with Crippen molar-refractivity contribution >= 4 is 28.3 Å². The Morgan fingerprint density at radius 1 is 0.905 bits per heavy atom. The predicted octanol–water partition coefficient (Wildman–Crippen LogP) is 4.91. The van der Waals surface area contributed by atoms with Gasteiger partial charge in [-0.3, -0.25) is 4.79 Å². The van der Waals surface area contributed by atoms with Crippen molar-refractivity contribution in [1.82, 2.24) is 0 Å². The largest absolute Gasteiger partial charge is 0.293 e. The van der Waals surface area contributed by atoms with Crippen LogP contribution in [-0.2, 0) is 0 Å². The molecule has 1 aliphatic heterocycles. The van der Waals surface area contributed by atoms with E-state index < -0.39 is 0 Å². The second-order valence-corrected chi connectivity index (χ2v) is 6.39. The van der Waals surface area contributed by atoms with Gasteiger partial charge in [-0.1, -0.05) is 54.6 Å². The molecule has 4 rings (SSSR count). The van der Waals surface area contributed by atoms with Crippen molar-refractivity contribution in [3.63, 3.8) is 0 Å². The molecular formula is C19H14OS. The number of Topliss-reactive ketones (excluding diaryl/α,β-unsaturated/α-hetero) is 1. The van der Waals surface area contributed by atoms with Crippen LogP contribution in [-0.4, -0.2) is 11.5 Å². The molecule has 0 spiro atoms. The van der Waals surface area contributed by atoms with Crippen LogP contribution in [0.3, 0.4) is 0 Å². The molecule has 1 heterocycles. The maximum atomic E-state index is 12.8. The highest BCUT2D eigenvalue weighted by Crippen LogP contribution is 2.41. The van der Waals surface area contributed by atoms with Gasteiger partial charge in [-0.2, -0.15) is 0 Å². The van der Waals surface area contributed by atoms with Crippen molar-refractivity contribution in [3.05, 3.63) is 77.9 Å². The molecule has 102 valence electrons. The zero-order valence-corrected chi connectivity index (χ0v) is 12.3. The van der Waals surface area contributed by atoms with Gasteiger partial charge in [0.05, 0.1) is 5.92 Å². The first-order chi connectivity index (χ1) is 10.3. The summed E-state index contributed by atoms with van der Waals surface area (Å²) in [6, 6.07) is 22.4. The monoisotopic (exact) mass is 290 g/mol. The molecule has 0 saturated carbocycles. The fourth-order valence-electron chi connectivity index (χ4n) is 2.92. The summed E-state index contributed by atoms with van der Waals surface area (Å²) in [5.41, 5.74) is 2.00. The van der Waals surface area contributed by atoms with Crippen LogP contribution in [0.1, 0.15) is 21.8 Å². The lowest BCUT2D eigenvalue weighted by Crippen LogP contribution is -2.12. The van der Waals surface area contributed by atoms with E-state index in [1.165, 1.54) is 15.8 Å². The van der Waals surface area contributed by atoms with Crippen LogP contribution in [0.2, 0.25) is 0 Å². The minimum absolute atomic E-state index is 0.00707. The lowest BCUT2D eigenvalue weighted by atomic mass is 9.91. The summed E-state index contributed by atoms with van der Waals surface area (Å²) in [5, 5.41) is 2.30. The molecule has 1 nitrogen and oxygen atoms in total. The van der Waals surface area contributed by atoms with Crippen LogP contribution in [0.25, 0.3) is 10.8 Å². The van der Waals surface area contributed by atoms with Crippen molar-refractivity contribution in [1.29, 1.82) is 0 Å². The molecule has 1 atom stereocenters. The van der Waals surface area contributed by atoms with Crippen molar-refractivity contribution in [2.75, 3.05) is 5.75 Å². The van der Waals surface area contributed by atoms with Crippen LogP contribution in [0.4, 0.5) is 0 Å². The molecule has 0 aromatic heterocycles. The number of ketones is 1. The molecule has 2 heteroatoms. The smallest absolute Gasteiger partial charge is 0.171 e. The Morgan fingerprint density at radius 2 is 1.67 bits per heavy atom. The summed E-state index contributed by atoms with van der Waals surface area (Å²) in [4.78, 5) is 14.1. The highest BCUT2D eigenvalue weighted by Gasteiger charge is 2.29. The molecule has 0 bridgehead atoms. The quantitative estimate of drug-likeness (QED) is 0.624. The van der Waals surface area contributed by atoms with E-state index in [0.29, 0.717) is 0 Å². The second kappa shape index (κ2) is 5.05. The van der Waals surface area contributed by atoms with Gasteiger partial charge in [0.25, 0.3) is 0 Å². The van der Waals surface area contributed by atoms with Gasteiger partial charge in [-0.15, -0.1) is 11.8 Å². The second-order valence-electron chi connectivity index (χ2n) is 5.33. The van der Waals surface area contributed by atoms with E-state index in [-0.39, 0.29) is 11.7 Å². The average molecular weight is 290 g/mol. The van der Waals surface area contributed by atoms with Gasteiger partial charge >= 0.3 is 0 Å². The average Bonchev–Trinajstić information content (AvgIpc) is 2.98. The van der Waals surface area contributed by atoms with Gasteiger partial charge in [-0.25, -0.2) is 0 Å². The third-order valence-electron chi connectivity index (χ3n) is 4.05. The third kappa shape index (κ3) is 2.16. The number of hydrogen-bond donors (Lipinski definition) is 0. The van der Waals surface area contributed by atoms with Crippen LogP contribution < -0.4 is 0 Å². The molecular weight excluding hydrogens is 276 g/mol. The van der Waals surface area contributed by atoms with Crippen molar-refractivity contribution in [2.45, 2.75) is 10.8 Å². The molecule has 21 heavy (non-hydrogen) atoms. The van der Waals surface area contributed by atoms with Gasteiger partial charge < -0.3 is 0 Å². The van der Waals surface area contributed by atoms with Crippen LogP contribution in [0.15, 0.2) is 71.6 Å². The van der Waals surface area contributed by atoms with E-state index in [0.717, 1.165) is 16.7 Å². The minimum Gasteiger partial charge on any atom is -0.293 e. The molecule has 0 aliphatic carbocycles. The Hall–Kier alpha value is -2.06. The summed E-state index contributed by atoms with van der Waals surface area (Å²) < 4.78 is 0. The molecule has 0 saturated heterocycles. The first-order valence-electron chi connectivity index (χ1n) is 7.08. The van der Waals surface area contributed by atoms with Crippen LogP contribution in [0, 0.1) is 0 Å². The number of hydrogen-bond acceptors (Lipinski definition) is 2. The standard InChI is InChI=1S/C19H14OS/c20-19(17-12-21-18-8-4-3-7-16(17)18)15-10-9-13-5-1-2-6-14(13)11-15/h1-11,17H,12H2. The topological polar surface area (TPSA) is 17.1 Å². The number of carbonyl (C=O) groups excluding carboxylic acids is 1. The first kappa shape index (κ1) is 12.7. The molecule has 0 N–H and O–H groups in total. The van der Waals surface area contributed by atoms with Gasteiger partial charge in [0.15, 0.2) is 5.78 Å². The number of rotatable bonds is 2. The molecule has 3 aromatic carbocycles. The molecule has 1 unspecified atom stereocenters. The number of carbonyl (C=O) groups is 1. The molecule has 1 aliphatic rings. The molecule has 0 radical (unpaired) electrons. The molecule has 0 fully saturated rings. The number of thioether (sulfide) groups is 1. The van der Waals surface area contributed by atoms with Gasteiger partial charge in [0.1, 0.15) is 0 Å². The highest BCUT2D eigenvalue weighted by atomic mass is 32.2. The Balaban J connectivity index is 1.74. The lowest BCUT2D eigenvalue weighted by Gasteiger charge is -2.10. The summed E-state index contributed by atoms with van der Waals surface area (Å²) >= 11 is 1.78. The van der Waals surface area contributed by atoms with Crippen LogP contribution >= 0.6 is 11.8 Å². The molecule has 0 amide bonds. The van der Waals surface area contributed by atoms with Crippen molar-refractivity contribution in [2.24, 2.45) is 0 Å². The van der Waals surface area contributed by atoms with E-state index in [1.807, 2.05) is 42.5 Å². The number of benzene rings is 3. The summed E-state index contributed by atoms with van der Waals surface area (Å²) in [6.07, 6.45) is 0. The first-order valence-corrected chi connectivity index (χ1v) is 8.06. The zero-order chi connectivity index (χ0) is 14.2. The Kier molecular flexibility index (Phi) is 3.04. The van der Waals surface area contributed by atoms with E-state index >= 15 is 0 Å². The third-order valence-corrected chi connectivity index (χ3v) is 5.23. The van der Waals surface area contributed by atoms with E-state index in [9.17, 15) is 4.79 Å². The summed E-state index contributed by atoms with van der Waals surface area (Å²) in [5.74, 6) is 1.08. The van der Waals surface area contributed by atoms with Gasteiger partial charge in [-0.05, 0) is 28.5 Å². The summed E-state index contributed by atoms with van der Waals surface area (Å²) in [6.45, 7) is 0. The Labute approximate surface area is 128 Å². The van der Waals surface area contributed by atoms with E-state index in [2.05, 4.69) is 24.3 Å². The predicted molar refractivity (Wildman–Crippen MR) is 88.2 cm³/mol. The highest BCUT2D eigenvalue weighted by molar-refractivity contribution is 7.99. The van der Waals surface area contributed by atoms with E-state index in [4.69, 9.17) is 0 Å². The fraction of sp³-hybridized carbons (Fsp3) is 0.105.